The molecule has 6 rings (SSSR count). The van der Waals surface area contributed by atoms with Gasteiger partial charge in [0.25, 0.3) is 0 Å². The van der Waals surface area contributed by atoms with Gasteiger partial charge < -0.3 is 4.98 Å². The average Bonchev–Trinajstić information content (AvgIpc) is 3.38. The molecule has 150 valence electrons. The summed E-state index contributed by atoms with van der Waals surface area (Å²) in [5.74, 6) is 0.518. The van der Waals surface area contributed by atoms with Gasteiger partial charge in [-0.05, 0) is 35.4 Å². The molecule has 0 fully saturated rings. The zero-order valence-corrected chi connectivity index (χ0v) is 16.7. The zero-order valence-electron chi connectivity index (χ0n) is 16.7. The van der Waals surface area contributed by atoms with E-state index in [4.69, 9.17) is 4.98 Å². The molecule has 7 heteroatoms. The molecule has 2 aromatic carbocycles. The first-order valence-corrected chi connectivity index (χ1v) is 10.1. The van der Waals surface area contributed by atoms with E-state index < -0.39 is 0 Å². The van der Waals surface area contributed by atoms with Crippen LogP contribution in [0.3, 0.4) is 0 Å². The van der Waals surface area contributed by atoms with Gasteiger partial charge >= 0.3 is 5.69 Å². The number of benzene rings is 2. The van der Waals surface area contributed by atoms with Crippen molar-refractivity contribution in [1.29, 1.82) is 0 Å². The van der Waals surface area contributed by atoms with Gasteiger partial charge in [-0.25, -0.2) is 19.7 Å². The molecule has 1 N–H and O–H groups in total. The maximum absolute atomic E-state index is 12.9. The van der Waals surface area contributed by atoms with Gasteiger partial charge in [0, 0.05) is 6.20 Å². The van der Waals surface area contributed by atoms with Gasteiger partial charge in [-0.1, -0.05) is 48.5 Å². The summed E-state index contributed by atoms with van der Waals surface area (Å²) in [6.07, 6.45) is 5.33. The number of aromatic amines is 1. The summed E-state index contributed by atoms with van der Waals surface area (Å²) in [5, 5.41) is 2.26. The van der Waals surface area contributed by atoms with Gasteiger partial charge in [0.05, 0.1) is 18.4 Å². The fourth-order valence-corrected chi connectivity index (χ4v) is 4.25. The van der Waals surface area contributed by atoms with Crippen LogP contribution in [0.1, 0.15) is 18.5 Å². The smallest absolute Gasteiger partial charge is 0.303 e. The molecule has 0 aliphatic carbocycles. The molecule has 0 amide bonds. The first kappa shape index (κ1) is 17.6. The summed E-state index contributed by atoms with van der Waals surface area (Å²) in [5.41, 5.74) is 3.62. The van der Waals surface area contributed by atoms with E-state index in [-0.39, 0.29) is 11.7 Å². The van der Waals surface area contributed by atoms with E-state index in [1.165, 1.54) is 0 Å². The van der Waals surface area contributed by atoms with E-state index in [9.17, 15) is 4.79 Å². The Labute approximate surface area is 176 Å². The predicted molar refractivity (Wildman–Crippen MR) is 120 cm³/mol. The second-order valence-corrected chi connectivity index (χ2v) is 7.55. The Kier molecular flexibility index (Phi) is 3.76. The largest absolute Gasteiger partial charge is 0.328 e. The first-order chi connectivity index (χ1) is 15.2. The lowest BCUT2D eigenvalue weighted by Gasteiger charge is -2.16. The van der Waals surface area contributed by atoms with Crippen LogP contribution in [0.5, 0.6) is 0 Å². The second-order valence-electron chi connectivity index (χ2n) is 7.55. The number of H-pyrrole nitrogens is 1. The highest BCUT2D eigenvalue weighted by Gasteiger charge is 2.19. The van der Waals surface area contributed by atoms with Crippen molar-refractivity contribution in [3.8, 4) is 11.5 Å². The summed E-state index contributed by atoms with van der Waals surface area (Å²) >= 11 is 0. The lowest BCUT2D eigenvalue weighted by atomic mass is 9.99. The number of aromatic nitrogens is 6. The Hall–Kier alpha value is -4.26. The van der Waals surface area contributed by atoms with Crippen LogP contribution in [-0.4, -0.2) is 28.9 Å². The van der Waals surface area contributed by atoms with E-state index in [1.54, 1.807) is 17.0 Å². The number of rotatable bonds is 3. The highest BCUT2D eigenvalue weighted by atomic mass is 16.1. The van der Waals surface area contributed by atoms with Crippen LogP contribution < -0.4 is 5.69 Å². The molecule has 0 saturated heterocycles. The van der Waals surface area contributed by atoms with Crippen LogP contribution in [0.25, 0.3) is 39.1 Å². The third-order valence-electron chi connectivity index (χ3n) is 5.76. The van der Waals surface area contributed by atoms with Crippen molar-refractivity contribution >= 4 is 27.6 Å². The molecule has 0 unspecified atom stereocenters. The van der Waals surface area contributed by atoms with Gasteiger partial charge in [0.1, 0.15) is 16.9 Å². The number of pyridine rings is 1. The van der Waals surface area contributed by atoms with Gasteiger partial charge in [-0.2, -0.15) is 0 Å². The number of fused-ring (bicyclic) bond motifs is 3. The molecule has 0 spiro atoms. The number of nitrogens with zero attached hydrogens (tertiary/aromatic N) is 5. The van der Waals surface area contributed by atoms with Crippen LogP contribution in [-0.2, 0) is 0 Å². The van der Waals surface area contributed by atoms with E-state index in [0.29, 0.717) is 17.0 Å². The third-order valence-corrected chi connectivity index (χ3v) is 5.76. The van der Waals surface area contributed by atoms with Gasteiger partial charge in [-0.15, -0.1) is 0 Å². The van der Waals surface area contributed by atoms with Gasteiger partial charge in [-0.3, -0.25) is 8.97 Å². The zero-order chi connectivity index (χ0) is 20.9. The third kappa shape index (κ3) is 2.67. The molecule has 0 aliphatic rings. The molecule has 4 aromatic heterocycles. The van der Waals surface area contributed by atoms with Crippen molar-refractivity contribution in [2.45, 2.75) is 13.0 Å². The minimum Gasteiger partial charge on any atom is -0.303 e. The molecule has 1 atom stereocenters. The summed E-state index contributed by atoms with van der Waals surface area (Å²) < 4.78 is 3.63. The maximum Gasteiger partial charge on any atom is 0.328 e. The minimum atomic E-state index is -0.211. The van der Waals surface area contributed by atoms with Gasteiger partial charge in [0.2, 0.25) is 0 Å². The van der Waals surface area contributed by atoms with E-state index in [2.05, 4.69) is 39.2 Å². The quantitative estimate of drug-likeness (QED) is 0.478. The first-order valence-electron chi connectivity index (χ1n) is 10.1. The Morgan fingerprint density at radius 1 is 0.935 bits per heavy atom. The molecule has 6 aromatic rings. The van der Waals surface area contributed by atoms with Crippen molar-refractivity contribution in [3.63, 3.8) is 0 Å². The monoisotopic (exact) mass is 406 g/mol. The molecule has 31 heavy (non-hydrogen) atoms. The summed E-state index contributed by atoms with van der Waals surface area (Å²) in [6.45, 7) is 2.02. The van der Waals surface area contributed by atoms with Crippen LogP contribution in [0.15, 0.2) is 84.0 Å². The molecule has 0 aliphatic heterocycles. The highest BCUT2D eigenvalue weighted by molar-refractivity contribution is 5.86. The summed E-state index contributed by atoms with van der Waals surface area (Å²) in [7, 11) is 0. The van der Waals surface area contributed by atoms with E-state index in [0.717, 1.165) is 27.7 Å². The number of imidazole rings is 2. The minimum absolute atomic E-state index is 0.208. The molecule has 4 heterocycles. The summed E-state index contributed by atoms with van der Waals surface area (Å²) in [4.78, 5) is 29.5. The standard InChI is InChI=1S/C24H18N6O/c1-15(17-10-6-8-16-7-2-3-9-18(16)17)30-23-19(27-24(30)31)13-26-22(28-23)20-14-25-21-11-4-5-12-29(20)21/h2-15H,1H3,(H,27,31)/t15-/m0/s1. The summed E-state index contributed by atoms with van der Waals surface area (Å²) in [6, 6.07) is 19.9. The number of nitrogens with one attached hydrogen (secondary N) is 1. The van der Waals surface area contributed by atoms with E-state index in [1.807, 2.05) is 53.9 Å². The Morgan fingerprint density at radius 3 is 2.71 bits per heavy atom. The highest BCUT2D eigenvalue weighted by Crippen LogP contribution is 2.28. The molecule has 0 saturated carbocycles. The van der Waals surface area contributed by atoms with Gasteiger partial charge in [0.15, 0.2) is 11.5 Å². The Bertz CT molecular complexity index is 1640. The van der Waals surface area contributed by atoms with Crippen molar-refractivity contribution in [2.75, 3.05) is 0 Å². The maximum atomic E-state index is 12.9. The van der Waals surface area contributed by atoms with Crippen LogP contribution in [0, 0.1) is 0 Å². The second kappa shape index (κ2) is 6.63. The SMILES string of the molecule is C[C@@H](c1cccc2ccccc12)n1c(=O)[nH]c2cnc(-c3cnc4ccccn34)nc21. The Morgan fingerprint density at radius 2 is 1.77 bits per heavy atom. The van der Waals surface area contributed by atoms with Crippen LogP contribution in [0.4, 0.5) is 0 Å². The van der Waals surface area contributed by atoms with Crippen LogP contribution >= 0.6 is 0 Å². The Balaban J connectivity index is 1.56. The average molecular weight is 406 g/mol. The van der Waals surface area contributed by atoms with Crippen molar-refractivity contribution < 1.29 is 0 Å². The fourth-order valence-electron chi connectivity index (χ4n) is 4.25. The lowest BCUT2D eigenvalue weighted by molar-refractivity contribution is 0.635. The molecule has 0 radical (unpaired) electrons. The normalized spacial score (nSPS) is 12.7. The molecular formula is C24H18N6O. The van der Waals surface area contributed by atoms with Crippen LogP contribution in [0.2, 0.25) is 0 Å². The molecule has 0 bridgehead atoms. The van der Waals surface area contributed by atoms with Crippen molar-refractivity contribution in [2.24, 2.45) is 0 Å². The van der Waals surface area contributed by atoms with Crippen molar-refractivity contribution in [1.82, 2.24) is 28.9 Å². The topological polar surface area (TPSA) is 80.9 Å². The number of hydrogen-bond acceptors (Lipinski definition) is 4. The van der Waals surface area contributed by atoms with Crippen molar-refractivity contribution in [3.05, 3.63) is 95.3 Å². The predicted octanol–water partition coefficient (Wildman–Crippen LogP) is 4.20. The number of hydrogen-bond donors (Lipinski definition) is 1. The lowest BCUT2D eigenvalue weighted by Crippen LogP contribution is -2.21. The fraction of sp³-hybridized carbons (Fsp3) is 0.0833. The molecule has 7 nitrogen and oxygen atoms in total. The van der Waals surface area contributed by atoms with E-state index >= 15 is 0 Å². The molecular weight excluding hydrogens is 388 g/mol.